The van der Waals surface area contributed by atoms with Gasteiger partial charge in [0, 0.05) is 0 Å². The summed E-state index contributed by atoms with van der Waals surface area (Å²) < 4.78 is 15.8. The topological polar surface area (TPSA) is 74.8 Å². The van der Waals surface area contributed by atoms with Gasteiger partial charge < -0.3 is 24.4 Å². The number of ether oxygens (including phenoxy) is 3. The van der Waals surface area contributed by atoms with Crippen molar-refractivity contribution in [3.8, 4) is 46.0 Å². The van der Waals surface area contributed by atoms with Crippen molar-refractivity contribution in [2.45, 2.75) is 0 Å². The molecule has 2 aliphatic rings. The zero-order chi connectivity index (χ0) is 11.6. The third-order valence-corrected chi connectivity index (χ3v) is 2.66. The molecule has 0 bridgehead atoms. The van der Waals surface area contributed by atoms with E-state index in [1.54, 1.807) is 12.1 Å². The van der Waals surface area contributed by atoms with Crippen LogP contribution in [0.1, 0.15) is 0 Å². The van der Waals surface area contributed by atoms with Gasteiger partial charge in [0.1, 0.15) is 0 Å². The van der Waals surface area contributed by atoms with Crippen LogP contribution in [0.3, 0.4) is 0 Å². The molecule has 0 saturated carbocycles. The quantitative estimate of drug-likeness (QED) is 0.517. The minimum atomic E-state index is 0.102. The van der Waals surface area contributed by atoms with E-state index in [1.807, 2.05) is 0 Å². The molecule has 17 heavy (non-hydrogen) atoms. The Morgan fingerprint density at radius 1 is 0.706 bits per heavy atom. The van der Waals surface area contributed by atoms with Crippen molar-refractivity contribution < 1.29 is 24.4 Å². The van der Waals surface area contributed by atoms with Gasteiger partial charge in [0.15, 0.2) is 23.0 Å². The van der Waals surface area contributed by atoms with Crippen LogP contribution in [-0.4, -0.2) is 10.2 Å². The number of phenolic OH excluding ortho intramolecular Hbond substituents is 2. The highest BCUT2D eigenvalue weighted by molar-refractivity contribution is 5.73. The van der Waals surface area contributed by atoms with E-state index in [-0.39, 0.29) is 11.5 Å². The normalized spacial score (nSPS) is 12.9. The molecule has 0 radical (unpaired) electrons. The van der Waals surface area contributed by atoms with Gasteiger partial charge in [-0.25, -0.2) is 0 Å². The van der Waals surface area contributed by atoms with Crippen molar-refractivity contribution in [2.24, 2.45) is 0 Å². The average Bonchev–Trinajstić information content (AvgIpc) is 3.14. The van der Waals surface area contributed by atoms with Crippen LogP contribution in [-0.2, 0) is 0 Å². The molecule has 2 N–H and O–H groups in total. The molecule has 2 aromatic carbocycles. The number of benzene rings is 2. The molecule has 0 saturated heterocycles. The molecule has 2 heterocycles. The van der Waals surface area contributed by atoms with Gasteiger partial charge >= 0.3 is 0 Å². The average molecular weight is 230 g/mol. The molecule has 0 amide bonds. The SMILES string of the molecule is Oc1ccc(Oc2ccc(O)c3c2O3)c2c1O2. The lowest BCUT2D eigenvalue weighted by molar-refractivity contribution is 0.459. The van der Waals surface area contributed by atoms with Gasteiger partial charge in [-0.15, -0.1) is 0 Å². The van der Waals surface area contributed by atoms with Crippen molar-refractivity contribution in [1.82, 2.24) is 0 Å². The lowest BCUT2D eigenvalue weighted by Gasteiger charge is -2.00. The van der Waals surface area contributed by atoms with Gasteiger partial charge in [-0.3, -0.25) is 0 Å². The number of fused-ring (bicyclic) bond motifs is 2. The maximum Gasteiger partial charge on any atom is 0.216 e. The Labute approximate surface area is 95.4 Å². The van der Waals surface area contributed by atoms with Crippen molar-refractivity contribution in [1.29, 1.82) is 0 Å². The molecule has 5 heteroatoms. The molecule has 0 atom stereocenters. The van der Waals surface area contributed by atoms with Crippen LogP contribution in [0.5, 0.6) is 46.0 Å². The Hall–Kier alpha value is -2.56. The minimum absolute atomic E-state index is 0.102. The first kappa shape index (κ1) is 8.58. The first-order valence-electron chi connectivity index (χ1n) is 4.99. The second-order valence-electron chi connectivity index (χ2n) is 3.79. The molecule has 5 nitrogen and oxygen atoms in total. The van der Waals surface area contributed by atoms with Gasteiger partial charge in [0.25, 0.3) is 0 Å². The maximum absolute atomic E-state index is 9.32. The van der Waals surface area contributed by atoms with Crippen molar-refractivity contribution in [2.75, 3.05) is 0 Å². The minimum Gasteiger partial charge on any atom is -0.504 e. The second-order valence-corrected chi connectivity index (χ2v) is 3.79. The fraction of sp³-hybridized carbons (Fsp3) is 0. The molecule has 0 unspecified atom stereocenters. The standard InChI is InChI=1S/C12H6O5/c13-5-1-3-7(11-9(5)16-11)15-8-4-2-6(14)10-12(8)17-10/h1-4,13-14H. The summed E-state index contributed by atoms with van der Waals surface area (Å²) in [5.74, 6) is 3.20. The van der Waals surface area contributed by atoms with Crippen LogP contribution >= 0.6 is 0 Å². The molecule has 0 fully saturated rings. The summed E-state index contributed by atoms with van der Waals surface area (Å²) in [6.45, 7) is 0. The summed E-state index contributed by atoms with van der Waals surface area (Å²) in [5.41, 5.74) is 0. The molecule has 0 aliphatic carbocycles. The number of hydrogen-bond acceptors (Lipinski definition) is 5. The third-order valence-electron chi connectivity index (χ3n) is 2.66. The molecule has 2 aliphatic heterocycles. The van der Waals surface area contributed by atoms with E-state index in [1.165, 1.54) is 12.1 Å². The third kappa shape index (κ3) is 1.13. The predicted molar refractivity (Wildman–Crippen MR) is 56.4 cm³/mol. The zero-order valence-electron chi connectivity index (χ0n) is 8.43. The highest BCUT2D eigenvalue weighted by atomic mass is 16.6. The molecular weight excluding hydrogens is 224 g/mol. The summed E-state index contributed by atoms with van der Waals surface area (Å²) in [5, 5.41) is 18.6. The van der Waals surface area contributed by atoms with Crippen LogP contribution < -0.4 is 14.2 Å². The highest BCUT2D eigenvalue weighted by Crippen LogP contribution is 2.62. The molecule has 2 aromatic rings. The van der Waals surface area contributed by atoms with E-state index >= 15 is 0 Å². The van der Waals surface area contributed by atoms with E-state index < -0.39 is 0 Å². The first-order chi connectivity index (χ1) is 8.24. The van der Waals surface area contributed by atoms with Gasteiger partial charge in [-0.05, 0) is 24.3 Å². The van der Waals surface area contributed by atoms with Crippen LogP contribution in [0.15, 0.2) is 24.3 Å². The second kappa shape index (κ2) is 2.57. The Kier molecular flexibility index (Phi) is 1.30. The van der Waals surface area contributed by atoms with Crippen LogP contribution in [0, 0.1) is 0 Å². The first-order valence-corrected chi connectivity index (χ1v) is 4.99. The van der Waals surface area contributed by atoms with Crippen molar-refractivity contribution in [3.05, 3.63) is 24.3 Å². The number of hydrogen-bond donors (Lipinski definition) is 2. The smallest absolute Gasteiger partial charge is 0.216 e. The Balaban J connectivity index is 1.71. The van der Waals surface area contributed by atoms with Gasteiger partial charge in [0.05, 0.1) is 0 Å². The van der Waals surface area contributed by atoms with Crippen LogP contribution in [0.25, 0.3) is 0 Å². The molecular formula is C12H6O5. The van der Waals surface area contributed by atoms with E-state index in [0.717, 1.165) is 0 Å². The van der Waals surface area contributed by atoms with Crippen LogP contribution in [0.4, 0.5) is 0 Å². The lowest BCUT2D eigenvalue weighted by Crippen LogP contribution is -1.79. The van der Waals surface area contributed by atoms with Crippen LogP contribution in [0.2, 0.25) is 0 Å². The number of rotatable bonds is 2. The Bertz CT molecular complexity index is 605. The number of aromatic hydroxyl groups is 2. The maximum atomic E-state index is 9.32. The van der Waals surface area contributed by atoms with E-state index in [9.17, 15) is 10.2 Å². The van der Waals surface area contributed by atoms with Gasteiger partial charge in [0.2, 0.25) is 23.0 Å². The molecule has 0 aromatic heterocycles. The summed E-state index contributed by atoms with van der Waals surface area (Å²) in [6.07, 6.45) is 0. The fourth-order valence-electron chi connectivity index (χ4n) is 1.71. The molecule has 84 valence electrons. The zero-order valence-corrected chi connectivity index (χ0v) is 8.43. The monoisotopic (exact) mass is 230 g/mol. The van der Waals surface area contributed by atoms with E-state index in [0.29, 0.717) is 34.5 Å². The Morgan fingerprint density at radius 2 is 1.18 bits per heavy atom. The largest absolute Gasteiger partial charge is 0.504 e. The molecule has 0 spiro atoms. The van der Waals surface area contributed by atoms with Crippen molar-refractivity contribution >= 4 is 0 Å². The highest BCUT2D eigenvalue weighted by Gasteiger charge is 2.34. The number of phenols is 2. The predicted octanol–water partition coefficient (Wildman–Crippen LogP) is 3.10. The fourth-order valence-corrected chi connectivity index (χ4v) is 1.71. The van der Waals surface area contributed by atoms with Gasteiger partial charge in [-0.2, -0.15) is 0 Å². The summed E-state index contributed by atoms with van der Waals surface area (Å²) in [4.78, 5) is 0. The summed E-state index contributed by atoms with van der Waals surface area (Å²) in [7, 11) is 0. The summed E-state index contributed by atoms with van der Waals surface area (Å²) >= 11 is 0. The van der Waals surface area contributed by atoms with E-state index in [4.69, 9.17) is 14.2 Å². The Morgan fingerprint density at radius 3 is 1.65 bits per heavy atom. The van der Waals surface area contributed by atoms with Crippen molar-refractivity contribution in [3.63, 3.8) is 0 Å². The molecule has 4 rings (SSSR count). The lowest BCUT2D eigenvalue weighted by atomic mass is 10.3. The van der Waals surface area contributed by atoms with Gasteiger partial charge in [-0.1, -0.05) is 0 Å². The summed E-state index contributed by atoms with van der Waals surface area (Å²) in [6, 6.07) is 6.23. The van der Waals surface area contributed by atoms with E-state index in [2.05, 4.69) is 0 Å².